The number of carbonyl (C=O) groups excluding carboxylic acids is 1. The molecule has 96 valence electrons. The van der Waals surface area contributed by atoms with Gasteiger partial charge in [-0.05, 0) is 37.9 Å². The summed E-state index contributed by atoms with van der Waals surface area (Å²) in [5.74, 6) is 1.28. The number of furan rings is 1. The average Bonchev–Trinajstić information content (AvgIpc) is 2.78. The molecule has 0 aliphatic rings. The number of hydrogen-bond donors (Lipinski definition) is 2. The Balaban J connectivity index is 2.20. The van der Waals surface area contributed by atoms with Crippen LogP contribution in [0.5, 0.6) is 0 Å². The first-order chi connectivity index (χ1) is 8.11. The van der Waals surface area contributed by atoms with Crippen molar-refractivity contribution in [3.8, 4) is 0 Å². The number of rotatable bonds is 7. The highest BCUT2D eigenvalue weighted by Gasteiger charge is 2.11. The lowest BCUT2D eigenvalue weighted by Crippen LogP contribution is -2.34. The van der Waals surface area contributed by atoms with Gasteiger partial charge in [-0.2, -0.15) is 0 Å². The smallest absolute Gasteiger partial charge is 0.220 e. The molecule has 3 N–H and O–H groups in total. The molecule has 1 aromatic rings. The summed E-state index contributed by atoms with van der Waals surface area (Å²) in [4.78, 5) is 11.6. The molecule has 1 heterocycles. The Hall–Kier alpha value is -1.29. The van der Waals surface area contributed by atoms with Crippen molar-refractivity contribution in [2.75, 3.05) is 6.54 Å². The predicted octanol–water partition coefficient (Wildman–Crippen LogP) is 1.70. The van der Waals surface area contributed by atoms with Crippen LogP contribution in [0, 0.1) is 5.92 Å². The monoisotopic (exact) mass is 238 g/mol. The molecule has 0 fully saturated rings. The Morgan fingerprint density at radius 3 is 2.88 bits per heavy atom. The summed E-state index contributed by atoms with van der Waals surface area (Å²) in [6, 6.07) is 3.99. The van der Waals surface area contributed by atoms with Crippen molar-refractivity contribution in [2.24, 2.45) is 11.7 Å². The summed E-state index contributed by atoms with van der Waals surface area (Å²) in [5.41, 5.74) is 5.48. The fourth-order valence-electron chi connectivity index (χ4n) is 1.62. The molecular weight excluding hydrogens is 216 g/mol. The molecule has 1 aromatic heterocycles. The van der Waals surface area contributed by atoms with E-state index in [9.17, 15) is 4.79 Å². The van der Waals surface area contributed by atoms with Crippen LogP contribution in [0.1, 0.15) is 32.4 Å². The molecule has 0 aromatic carbocycles. The van der Waals surface area contributed by atoms with Crippen molar-refractivity contribution in [2.45, 2.75) is 39.2 Å². The molecule has 1 rings (SSSR count). The highest BCUT2D eigenvalue weighted by Crippen LogP contribution is 2.06. The van der Waals surface area contributed by atoms with Gasteiger partial charge in [0.05, 0.1) is 6.26 Å². The van der Waals surface area contributed by atoms with E-state index in [-0.39, 0.29) is 17.9 Å². The first-order valence-electron chi connectivity index (χ1n) is 6.13. The summed E-state index contributed by atoms with van der Waals surface area (Å²) >= 11 is 0. The zero-order valence-corrected chi connectivity index (χ0v) is 10.6. The standard InChI is InChI=1S/C13H22N2O2/c1-10(9-14)8-13(16)15-11(2)5-6-12-4-3-7-17-12/h3-4,7,10-11H,5-6,8-9,14H2,1-2H3,(H,15,16). The topological polar surface area (TPSA) is 68.3 Å². The van der Waals surface area contributed by atoms with Gasteiger partial charge in [0.15, 0.2) is 0 Å². The number of carbonyl (C=O) groups is 1. The molecule has 0 spiro atoms. The van der Waals surface area contributed by atoms with E-state index in [4.69, 9.17) is 10.2 Å². The third kappa shape index (κ3) is 5.54. The lowest BCUT2D eigenvalue weighted by Gasteiger charge is -2.15. The van der Waals surface area contributed by atoms with E-state index < -0.39 is 0 Å². The van der Waals surface area contributed by atoms with Crippen LogP contribution in [-0.4, -0.2) is 18.5 Å². The Bertz CT molecular complexity index is 322. The molecule has 0 bridgehead atoms. The number of nitrogens with two attached hydrogens (primary N) is 1. The number of hydrogen-bond acceptors (Lipinski definition) is 3. The average molecular weight is 238 g/mol. The molecule has 0 radical (unpaired) electrons. The van der Waals surface area contributed by atoms with E-state index in [0.29, 0.717) is 13.0 Å². The van der Waals surface area contributed by atoms with Crippen LogP contribution in [0.4, 0.5) is 0 Å². The summed E-state index contributed by atoms with van der Waals surface area (Å²) < 4.78 is 5.24. The van der Waals surface area contributed by atoms with Crippen molar-refractivity contribution in [1.82, 2.24) is 5.32 Å². The van der Waals surface area contributed by atoms with E-state index >= 15 is 0 Å². The van der Waals surface area contributed by atoms with Gasteiger partial charge in [0.1, 0.15) is 5.76 Å². The molecule has 4 heteroatoms. The van der Waals surface area contributed by atoms with Crippen molar-refractivity contribution in [1.29, 1.82) is 0 Å². The maximum absolute atomic E-state index is 11.6. The molecule has 4 nitrogen and oxygen atoms in total. The number of aryl methyl sites for hydroxylation is 1. The molecule has 0 aliphatic heterocycles. The molecule has 1 amide bonds. The minimum atomic E-state index is 0.0786. The lowest BCUT2D eigenvalue weighted by atomic mass is 10.1. The van der Waals surface area contributed by atoms with Gasteiger partial charge in [0.25, 0.3) is 0 Å². The number of amides is 1. The van der Waals surface area contributed by atoms with Crippen LogP contribution in [0.15, 0.2) is 22.8 Å². The molecule has 0 saturated heterocycles. The zero-order chi connectivity index (χ0) is 12.7. The minimum Gasteiger partial charge on any atom is -0.469 e. The molecule has 2 unspecified atom stereocenters. The highest BCUT2D eigenvalue weighted by molar-refractivity contribution is 5.76. The van der Waals surface area contributed by atoms with Crippen LogP contribution >= 0.6 is 0 Å². The Morgan fingerprint density at radius 2 is 2.29 bits per heavy atom. The quantitative estimate of drug-likeness (QED) is 0.759. The summed E-state index contributed by atoms with van der Waals surface area (Å²) in [7, 11) is 0. The van der Waals surface area contributed by atoms with E-state index in [1.165, 1.54) is 0 Å². The van der Waals surface area contributed by atoms with E-state index in [1.54, 1.807) is 6.26 Å². The highest BCUT2D eigenvalue weighted by atomic mass is 16.3. The van der Waals surface area contributed by atoms with Crippen LogP contribution in [0.25, 0.3) is 0 Å². The van der Waals surface area contributed by atoms with E-state index in [0.717, 1.165) is 18.6 Å². The Labute approximate surface area is 103 Å². The van der Waals surface area contributed by atoms with Crippen molar-refractivity contribution in [3.63, 3.8) is 0 Å². The van der Waals surface area contributed by atoms with Crippen LogP contribution < -0.4 is 11.1 Å². The fourth-order valence-corrected chi connectivity index (χ4v) is 1.62. The maximum Gasteiger partial charge on any atom is 0.220 e. The second-order valence-corrected chi connectivity index (χ2v) is 4.63. The van der Waals surface area contributed by atoms with Crippen LogP contribution in [-0.2, 0) is 11.2 Å². The number of nitrogens with one attached hydrogen (secondary N) is 1. The van der Waals surface area contributed by atoms with Crippen molar-refractivity contribution < 1.29 is 9.21 Å². The molecule has 17 heavy (non-hydrogen) atoms. The van der Waals surface area contributed by atoms with Gasteiger partial charge in [0, 0.05) is 18.9 Å². The third-order valence-corrected chi connectivity index (χ3v) is 2.75. The molecular formula is C13H22N2O2. The second kappa shape index (κ2) is 7.12. The van der Waals surface area contributed by atoms with Gasteiger partial charge < -0.3 is 15.5 Å². The molecule has 0 aliphatic carbocycles. The summed E-state index contributed by atoms with van der Waals surface area (Å²) in [6.45, 7) is 4.54. The lowest BCUT2D eigenvalue weighted by molar-refractivity contribution is -0.122. The van der Waals surface area contributed by atoms with Crippen LogP contribution in [0.3, 0.4) is 0 Å². The van der Waals surface area contributed by atoms with Gasteiger partial charge in [-0.1, -0.05) is 6.92 Å². The molecule has 2 atom stereocenters. The van der Waals surface area contributed by atoms with Gasteiger partial charge in [-0.15, -0.1) is 0 Å². The molecule has 0 saturated carbocycles. The van der Waals surface area contributed by atoms with Gasteiger partial charge >= 0.3 is 0 Å². The largest absolute Gasteiger partial charge is 0.469 e. The second-order valence-electron chi connectivity index (χ2n) is 4.63. The normalized spacial score (nSPS) is 14.3. The Kier molecular flexibility index (Phi) is 5.77. The SMILES string of the molecule is CC(CN)CC(=O)NC(C)CCc1ccco1. The zero-order valence-electron chi connectivity index (χ0n) is 10.6. The van der Waals surface area contributed by atoms with Crippen molar-refractivity contribution in [3.05, 3.63) is 24.2 Å². The Morgan fingerprint density at radius 1 is 1.53 bits per heavy atom. The van der Waals surface area contributed by atoms with Gasteiger partial charge in [-0.3, -0.25) is 4.79 Å². The van der Waals surface area contributed by atoms with E-state index in [1.807, 2.05) is 26.0 Å². The maximum atomic E-state index is 11.6. The van der Waals surface area contributed by atoms with E-state index in [2.05, 4.69) is 5.32 Å². The predicted molar refractivity (Wildman–Crippen MR) is 67.5 cm³/mol. The minimum absolute atomic E-state index is 0.0786. The fraction of sp³-hybridized carbons (Fsp3) is 0.615. The first-order valence-corrected chi connectivity index (χ1v) is 6.13. The van der Waals surface area contributed by atoms with Gasteiger partial charge in [0.2, 0.25) is 5.91 Å². The van der Waals surface area contributed by atoms with Gasteiger partial charge in [-0.25, -0.2) is 0 Å². The van der Waals surface area contributed by atoms with Crippen molar-refractivity contribution >= 4 is 5.91 Å². The van der Waals surface area contributed by atoms with Crippen LogP contribution in [0.2, 0.25) is 0 Å². The first kappa shape index (κ1) is 13.8. The third-order valence-electron chi connectivity index (χ3n) is 2.75. The summed E-state index contributed by atoms with van der Waals surface area (Å²) in [6.07, 6.45) is 3.90. The summed E-state index contributed by atoms with van der Waals surface area (Å²) in [5, 5.41) is 2.97.